The minimum absolute atomic E-state index is 0.123. The van der Waals surface area contributed by atoms with E-state index in [4.69, 9.17) is 4.74 Å². The third kappa shape index (κ3) is 3.89. The number of carbonyl (C=O) groups is 4. The molecule has 1 fully saturated rings. The van der Waals surface area contributed by atoms with Gasteiger partial charge in [-0.2, -0.15) is 0 Å². The van der Waals surface area contributed by atoms with Crippen LogP contribution in [0.25, 0.3) is 0 Å². The van der Waals surface area contributed by atoms with Gasteiger partial charge in [-0.1, -0.05) is 30.3 Å². The molecule has 3 amide bonds. The lowest BCUT2D eigenvalue weighted by molar-refractivity contribution is -0.129. The SMILES string of the molecule is C[C@H](OC(=O)c1ccc2c(c1)C(=O)N(Cc1ccccc1)C2=O)C(=O)NC1CC1. The van der Waals surface area contributed by atoms with Gasteiger partial charge in [-0.05, 0) is 43.5 Å². The van der Waals surface area contributed by atoms with Gasteiger partial charge in [0.2, 0.25) is 0 Å². The Labute approximate surface area is 167 Å². The first kappa shape index (κ1) is 18.9. The molecule has 1 heterocycles. The van der Waals surface area contributed by atoms with Crippen LogP contribution in [0, 0.1) is 0 Å². The van der Waals surface area contributed by atoms with Crippen LogP contribution >= 0.6 is 0 Å². The molecule has 2 aromatic carbocycles. The Bertz CT molecular complexity index is 998. The third-order valence-corrected chi connectivity index (χ3v) is 4.97. The van der Waals surface area contributed by atoms with Crippen LogP contribution in [0.3, 0.4) is 0 Å². The van der Waals surface area contributed by atoms with Gasteiger partial charge >= 0.3 is 5.97 Å². The molecule has 4 rings (SSSR count). The van der Waals surface area contributed by atoms with Crippen molar-refractivity contribution in [2.45, 2.75) is 38.5 Å². The third-order valence-electron chi connectivity index (χ3n) is 4.97. The number of esters is 1. The number of hydrogen-bond donors (Lipinski definition) is 1. The Kier molecular flexibility index (Phi) is 4.88. The van der Waals surface area contributed by atoms with E-state index in [9.17, 15) is 19.2 Å². The van der Waals surface area contributed by atoms with Crippen molar-refractivity contribution in [1.82, 2.24) is 10.2 Å². The fourth-order valence-corrected chi connectivity index (χ4v) is 3.16. The van der Waals surface area contributed by atoms with E-state index in [0.717, 1.165) is 23.3 Å². The summed E-state index contributed by atoms with van der Waals surface area (Å²) >= 11 is 0. The maximum Gasteiger partial charge on any atom is 0.338 e. The molecular formula is C22H20N2O5. The first-order valence-corrected chi connectivity index (χ1v) is 9.49. The molecule has 0 bridgehead atoms. The summed E-state index contributed by atoms with van der Waals surface area (Å²) in [7, 11) is 0. The van der Waals surface area contributed by atoms with Gasteiger partial charge in [0, 0.05) is 6.04 Å². The Morgan fingerprint density at radius 1 is 1.07 bits per heavy atom. The highest BCUT2D eigenvalue weighted by Crippen LogP contribution is 2.26. The molecule has 29 heavy (non-hydrogen) atoms. The number of benzene rings is 2. The maximum absolute atomic E-state index is 12.7. The van der Waals surface area contributed by atoms with E-state index in [1.165, 1.54) is 25.1 Å². The van der Waals surface area contributed by atoms with Crippen molar-refractivity contribution >= 4 is 23.7 Å². The predicted molar refractivity (Wildman–Crippen MR) is 103 cm³/mol. The van der Waals surface area contributed by atoms with Crippen molar-refractivity contribution in [3.05, 3.63) is 70.8 Å². The molecule has 1 N–H and O–H groups in total. The van der Waals surface area contributed by atoms with Crippen molar-refractivity contribution in [2.24, 2.45) is 0 Å². The first-order valence-electron chi connectivity index (χ1n) is 9.49. The van der Waals surface area contributed by atoms with Gasteiger partial charge in [-0.25, -0.2) is 4.79 Å². The number of carbonyl (C=O) groups excluding carboxylic acids is 4. The van der Waals surface area contributed by atoms with Crippen LogP contribution in [0.2, 0.25) is 0 Å². The second-order valence-electron chi connectivity index (χ2n) is 7.27. The number of nitrogens with zero attached hydrogens (tertiary/aromatic N) is 1. The van der Waals surface area contributed by atoms with Crippen LogP contribution in [-0.2, 0) is 16.1 Å². The van der Waals surface area contributed by atoms with E-state index in [-0.39, 0.29) is 35.2 Å². The summed E-state index contributed by atoms with van der Waals surface area (Å²) in [5.41, 5.74) is 1.37. The molecule has 7 nitrogen and oxygen atoms in total. The number of hydrogen-bond acceptors (Lipinski definition) is 5. The summed E-state index contributed by atoms with van der Waals surface area (Å²) in [6.07, 6.45) is 0.933. The molecule has 2 aliphatic rings. The van der Waals surface area contributed by atoms with E-state index >= 15 is 0 Å². The molecule has 1 aliphatic heterocycles. The van der Waals surface area contributed by atoms with Crippen LogP contribution in [0.4, 0.5) is 0 Å². The van der Waals surface area contributed by atoms with E-state index in [2.05, 4.69) is 5.32 Å². The molecule has 0 aromatic heterocycles. The van der Waals surface area contributed by atoms with Gasteiger partial charge in [0.05, 0.1) is 23.2 Å². The number of rotatable bonds is 6. The fourth-order valence-electron chi connectivity index (χ4n) is 3.16. The van der Waals surface area contributed by atoms with E-state index in [1.807, 2.05) is 30.3 Å². The van der Waals surface area contributed by atoms with Crippen LogP contribution in [-0.4, -0.2) is 40.7 Å². The number of fused-ring (bicyclic) bond motifs is 1. The molecule has 1 atom stereocenters. The number of imide groups is 1. The summed E-state index contributed by atoms with van der Waals surface area (Å²) < 4.78 is 5.21. The highest BCUT2D eigenvalue weighted by Gasteiger charge is 2.36. The van der Waals surface area contributed by atoms with Crippen molar-refractivity contribution in [3.63, 3.8) is 0 Å². The number of nitrogens with one attached hydrogen (secondary N) is 1. The predicted octanol–water partition coefficient (Wildman–Crippen LogP) is 2.31. The Morgan fingerprint density at radius 2 is 1.76 bits per heavy atom. The first-order chi connectivity index (χ1) is 13.9. The van der Waals surface area contributed by atoms with Crippen molar-refractivity contribution in [2.75, 3.05) is 0 Å². The average molecular weight is 392 g/mol. The molecule has 2 aromatic rings. The molecule has 1 aliphatic carbocycles. The lowest BCUT2D eigenvalue weighted by Gasteiger charge is -2.13. The molecule has 1 saturated carbocycles. The van der Waals surface area contributed by atoms with Gasteiger partial charge < -0.3 is 10.1 Å². The standard InChI is InChI=1S/C22H20N2O5/c1-13(19(25)23-16-8-9-16)29-22(28)15-7-10-17-18(11-15)21(27)24(20(17)26)12-14-5-3-2-4-6-14/h2-7,10-11,13,16H,8-9,12H2,1H3,(H,23,25)/t13-/m0/s1. The highest BCUT2D eigenvalue weighted by molar-refractivity contribution is 6.21. The van der Waals surface area contributed by atoms with Crippen molar-refractivity contribution in [1.29, 1.82) is 0 Å². The summed E-state index contributed by atoms with van der Waals surface area (Å²) in [5.74, 6) is -1.91. The van der Waals surface area contributed by atoms with Gasteiger partial charge in [-0.15, -0.1) is 0 Å². The minimum Gasteiger partial charge on any atom is -0.449 e. The molecule has 0 unspecified atom stereocenters. The van der Waals surface area contributed by atoms with Crippen LogP contribution in [0.15, 0.2) is 48.5 Å². The number of amides is 3. The molecular weight excluding hydrogens is 372 g/mol. The van der Waals surface area contributed by atoms with Gasteiger partial charge in [-0.3, -0.25) is 19.3 Å². The van der Waals surface area contributed by atoms with Crippen LogP contribution in [0.1, 0.15) is 56.4 Å². The summed E-state index contributed by atoms with van der Waals surface area (Å²) in [6.45, 7) is 1.66. The normalized spacial score (nSPS) is 16.4. The van der Waals surface area contributed by atoms with Crippen LogP contribution in [0.5, 0.6) is 0 Å². The van der Waals surface area contributed by atoms with Crippen molar-refractivity contribution < 1.29 is 23.9 Å². The zero-order chi connectivity index (χ0) is 20.5. The topological polar surface area (TPSA) is 92.8 Å². The zero-order valence-corrected chi connectivity index (χ0v) is 15.9. The Balaban J connectivity index is 1.48. The van der Waals surface area contributed by atoms with Gasteiger partial charge in [0.1, 0.15) is 0 Å². The molecule has 0 spiro atoms. The summed E-state index contributed by atoms with van der Waals surface area (Å²) in [4.78, 5) is 50.9. The monoisotopic (exact) mass is 392 g/mol. The lowest BCUT2D eigenvalue weighted by atomic mass is 10.1. The minimum atomic E-state index is -0.941. The summed E-state index contributed by atoms with van der Waals surface area (Å²) in [5, 5.41) is 2.77. The molecule has 0 saturated heterocycles. The van der Waals surface area contributed by atoms with Crippen LogP contribution < -0.4 is 5.32 Å². The largest absolute Gasteiger partial charge is 0.449 e. The highest BCUT2D eigenvalue weighted by atomic mass is 16.5. The van der Waals surface area contributed by atoms with E-state index < -0.39 is 23.9 Å². The second kappa shape index (κ2) is 7.50. The number of ether oxygens (including phenoxy) is 1. The Hall–Kier alpha value is -3.48. The quantitative estimate of drug-likeness (QED) is 0.602. The van der Waals surface area contributed by atoms with E-state index in [0.29, 0.717) is 0 Å². The summed E-state index contributed by atoms with van der Waals surface area (Å²) in [6, 6.07) is 13.6. The zero-order valence-electron chi connectivity index (χ0n) is 15.9. The molecule has 148 valence electrons. The average Bonchev–Trinajstić information content (AvgIpc) is 3.51. The molecule has 0 radical (unpaired) electrons. The smallest absolute Gasteiger partial charge is 0.338 e. The molecule has 7 heteroatoms. The van der Waals surface area contributed by atoms with E-state index in [1.54, 1.807) is 0 Å². The van der Waals surface area contributed by atoms with Gasteiger partial charge in [0.15, 0.2) is 6.10 Å². The Morgan fingerprint density at radius 3 is 2.45 bits per heavy atom. The van der Waals surface area contributed by atoms with Gasteiger partial charge in [0.25, 0.3) is 17.7 Å². The lowest BCUT2D eigenvalue weighted by Crippen LogP contribution is -2.37. The van der Waals surface area contributed by atoms with Crippen molar-refractivity contribution in [3.8, 4) is 0 Å². The maximum atomic E-state index is 12.7. The second-order valence-corrected chi connectivity index (χ2v) is 7.27. The fraction of sp³-hybridized carbons (Fsp3) is 0.273.